The molecular weight excluding hydrogens is 395 g/mol. The van der Waals surface area contributed by atoms with E-state index in [1.807, 2.05) is 0 Å². The number of carboxylic acids is 1. The third-order valence-corrected chi connectivity index (χ3v) is 4.37. The Labute approximate surface area is 152 Å². The van der Waals surface area contributed by atoms with Crippen molar-refractivity contribution in [2.45, 2.75) is 11.6 Å². The standard InChI is InChI=1S/C15H7ClF3N3O5/c16-5-1-2-8-6(3-5)9-11(22(8)13(25)26)27-10(21)7(4-20)14(9,12(23)24)15(17,18)19/h1-3H,21H2,(H,23,24)(H,25,26). The SMILES string of the molecule is N#CC1=C(N)Oc2c(c3cc(Cl)ccc3n2C(=O)O)C1(C(=O)O)C(F)(F)F. The van der Waals surface area contributed by atoms with Crippen LogP contribution < -0.4 is 10.5 Å². The van der Waals surface area contributed by atoms with E-state index < -0.39 is 51.9 Å². The fourth-order valence-electron chi connectivity index (χ4n) is 3.11. The van der Waals surface area contributed by atoms with E-state index in [0.717, 1.165) is 18.2 Å². The summed E-state index contributed by atoms with van der Waals surface area (Å²) in [5.74, 6) is -4.61. The quantitative estimate of drug-likeness (QED) is 0.667. The van der Waals surface area contributed by atoms with Crippen molar-refractivity contribution in [3.05, 3.63) is 40.2 Å². The first kappa shape index (κ1) is 18.4. The van der Waals surface area contributed by atoms with Gasteiger partial charge in [0, 0.05) is 10.4 Å². The van der Waals surface area contributed by atoms with Gasteiger partial charge in [0.05, 0.1) is 11.1 Å². The molecule has 1 atom stereocenters. The normalized spacial score (nSPS) is 19.4. The van der Waals surface area contributed by atoms with Gasteiger partial charge in [-0.15, -0.1) is 0 Å². The van der Waals surface area contributed by atoms with Gasteiger partial charge in [0.1, 0.15) is 11.6 Å². The van der Waals surface area contributed by atoms with E-state index in [4.69, 9.17) is 22.1 Å². The van der Waals surface area contributed by atoms with Crippen molar-refractivity contribution in [1.29, 1.82) is 5.26 Å². The summed E-state index contributed by atoms with van der Waals surface area (Å²) in [5.41, 5.74) is -1.39. The van der Waals surface area contributed by atoms with Crippen molar-refractivity contribution in [1.82, 2.24) is 4.57 Å². The summed E-state index contributed by atoms with van der Waals surface area (Å²) < 4.78 is 47.6. The Morgan fingerprint density at radius 3 is 2.44 bits per heavy atom. The summed E-state index contributed by atoms with van der Waals surface area (Å²) in [6.07, 6.45) is -7.31. The fraction of sp³-hybridized carbons (Fsp3) is 0.133. The van der Waals surface area contributed by atoms with Gasteiger partial charge < -0.3 is 20.7 Å². The smallest absolute Gasteiger partial charge is 0.418 e. The molecule has 27 heavy (non-hydrogen) atoms. The van der Waals surface area contributed by atoms with Crippen molar-refractivity contribution in [2.24, 2.45) is 5.73 Å². The molecule has 2 heterocycles. The molecule has 4 N–H and O–H groups in total. The number of aliphatic carboxylic acids is 1. The molecule has 1 unspecified atom stereocenters. The maximum atomic E-state index is 14.1. The van der Waals surface area contributed by atoms with Crippen LogP contribution in [-0.4, -0.2) is 33.0 Å². The maximum absolute atomic E-state index is 14.1. The molecular formula is C15H7ClF3N3O5. The van der Waals surface area contributed by atoms with Crippen LogP contribution in [0.15, 0.2) is 29.7 Å². The molecule has 0 saturated heterocycles. The second-order valence-corrected chi connectivity index (χ2v) is 5.90. The number of benzene rings is 1. The molecule has 0 aliphatic carbocycles. The molecule has 1 aliphatic heterocycles. The number of carbonyl (C=O) groups is 2. The summed E-state index contributed by atoms with van der Waals surface area (Å²) in [7, 11) is 0. The second kappa shape index (κ2) is 5.55. The summed E-state index contributed by atoms with van der Waals surface area (Å²) in [6, 6.07) is 4.37. The Morgan fingerprint density at radius 1 is 1.33 bits per heavy atom. The lowest BCUT2D eigenvalue weighted by molar-refractivity contribution is -0.197. The Hall–Kier alpha value is -3.39. The molecule has 0 spiro atoms. The van der Waals surface area contributed by atoms with Gasteiger partial charge in [-0.3, -0.25) is 4.79 Å². The molecule has 140 valence electrons. The highest BCUT2D eigenvalue weighted by Crippen LogP contribution is 2.56. The van der Waals surface area contributed by atoms with Gasteiger partial charge in [0.25, 0.3) is 0 Å². The molecule has 0 bridgehead atoms. The largest absolute Gasteiger partial charge is 0.480 e. The molecule has 1 aliphatic rings. The second-order valence-electron chi connectivity index (χ2n) is 5.47. The predicted molar refractivity (Wildman–Crippen MR) is 83.2 cm³/mol. The van der Waals surface area contributed by atoms with Gasteiger partial charge in [-0.05, 0) is 18.2 Å². The molecule has 3 rings (SSSR count). The lowest BCUT2D eigenvalue weighted by atomic mass is 9.72. The zero-order chi connectivity index (χ0) is 20.3. The van der Waals surface area contributed by atoms with E-state index in [-0.39, 0.29) is 10.5 Å². The Kier molecular flexibility index (Phi) is 3.78. The summed E-state index contributed by atoms with van der Waals surface area (Å²) in [5, 5.41) is 27.6. The van der Waals surface area contributed by atoms with Crippen molar-refractivity contribution in [2.75, 3.05) is 0 Å². The number of aromatic nitrogens is 1. The van der Waals surface area contributed by atoms with Crippen LogP contribution in [0.5, 0.6) is 5.88 Å². The number of alkyl halides is 3. The molecule has 0 fully saturated rings. The number of carboxylic acid groups (broad SMARTS) is 2. The third-order valence-electron chi connectivity index (χ3n) is 4.14. The monoisotopic (exact) mass is 401 g/mol. The Morgan fingerprint density at radius 2 is 1.96 bits per heavy atom. The van der Waals surface area contributed by atoms with Gasteiger partial charge in [0.2, 0.25) is 17.2 Å². The predicted octanol–water partition coefficient (Wildman–Crippen LogP) is 2.79. The first-order valence-electron chi connectivity index (χ1n) is 6.94. The van der Waals surface area contributed by atoms with Crippen LogP contribution in [0.3, 0.4) is 0 Å². The summed E-state index contributed by atoms with van der Waals surface area (Å²) >= 11 is 5.81. The number of hydrogen-bond donors (Lipinski definition) is 3. The first-order valence-corrected chi connectivity index (χ1v) is 7.32. The van der Waals surface area contributed by atoms with Crippen LogP contribution in [0.4, 0.5) is 18.0 Å². The van der Waals surface area contributed by atoms with E-state index in [9.17, 15) is 38.2 Å². The Balaban J connectivity index is 2.67. The van der Waals surface area contributed by atoms with Crippen LogP contribution in [0.1, 0.15) is 5.56 Å². The first-order chi connectivity index (χ1) is 12.5. The summed E-state index contributed by atoms with van der Waals surface area (Å²) in [6.45, 7) is 0. The number of fused-ring (bicyclic) bond motifs is 3. The third kappa shape index (κ3) is 2.16. The van der Waals surface area contributed by atoms with E-state index in [0.29, 0.717) is 4.57 Å². The molecule has 0 radical (unpaired) electrons. The van der Waals surface area contributed by atoms with Crippen LogP contribution >= 0.6 is 11.6 Å². The van der Waals surface area contributed by atoms with Gasteiger partial charge in [-0.25, -0.2) is 9.36 Å². The van der Waals surface area contributed by atoms with Gasteiger partial charge in [-0.1, -0.05) is 11.6 Å². The van der Waals surface area contributed by atoms with E-state index >= 15 is 0 Å². The number of nitrogens with zero attached hydrogens (tertiary/aromatic N) is 2. The fourth-order valence-corrected chi connectivity index (χ4v) is 3.28. The average molecular weight is 402 g/mol. The number of halogens is 4. The van der Waals surface area contributed by atoms with Crippen molar-refractivity contribution < 1.29 is 37.7 Å². The Bertz CT molecular complexity index is 1100. The highest BCUT2D eigenvalue weighted by molar-refractivity contribution is 6.31. The van der Waals surface area contributed by atoms with Gasteiger partial charge in [-0.2, -0.15) is 18.4 Å². The minimum absolute atomic E-state index is 0.0877. The van der Waals surface area contributed by atoms with E-state index in [1.54, 1.807) is 0 Å². The molecule has 1 aromatic heterocycles. The summed E-state index contributed by atoms with van der Waals surface area (Å²) in [4.78, 5) is 23.5. The average Bonchev–Trinajstić information content (AvgIpc) is 2.85. The van der Waals surface area contributed by atoms with E-state index in [1.165, 1.54) is 6.07 Å². The number of nitriles is 1. The zero-order valence-electron chi connectivity index (χ0n) is 12.8. The molecule has 8 nitrogen and oxygen atoms in total. The molecule has 0 amide bonds. The van der Waals surface area contributed by atoms with Crippen molar-refractivity contribution in [3.8, 4) is 11.9 Å². The van der Waals surface area contributed by atoms with Crippen LogP contribution in [0, 0.1) is 11.3 Å². The minimum Gasteiger partial charge on any atom is -0.480 e. The lowest BCUT2D eigenvalue weighted by Gasteiger charge is -2.35. The molecule has 1 aromatic carbocycles. The van der Waals surface area contributed by atoms with Crippen molar-refractivity contribution >= 4 is 34.6 Å². The van der Waals surface area contributed by atoms with Crippen LogP contribution in [-0.2, 0) is 10.2 Å². The highest BCUT2D eigenvalue weighted by atomic mass is 35.5. The zero-order valence-corrected chi connectivity index (χ0v) is 13.6. The van der Waals surface area contributed by atoms with Crippen LogP contribution in [0.2, 0.25) is 5.02 Å². The maximum Gasteiger partial charge on any atom is 0.418 e. The molecule has 0 saturated carbocycles. The highest BCUT2D eigenvalue weighted by Gasteiger charge is 2.70. The van der Waals surface area contributed by atoms with Crippen molar-refractivity contribution in [3.63, 3.8) is 0 Å². The number of hydrogen-bond acceptors (Lipinski definition) is 5. The lowest BCUT2D eigenvalue weighted by Crippen LogP contribution is -2.53. The van der Waals surface area contributed by atoms with E-state index in [2.05, 4.69) is 0 Å². The van der Waals surface area contributed by atoms with Crippen LogP contribution in [0.25, 0.3) is 10.9 Å². The number of ether oxygens (including phenoxy) is 1. The molecule has 2 aromatic rings. The number of nitrogens with two attached hydrogens (primary N) is 1. The minimum atomic E-state index is -5.56. The molecule has 12 heteroatoms. The van der Waals surface area contributed by atoms with Gasteiger partial charge >= 0.3 is 18.2 Å². The van der Waals surface area contributed by atoms with Gasteiger partial charge in [0.15, 0.2) is 0 Å². The number of rotatable bonds is 1. The topological polar surface area (TPSA) is 139 Å².